The molecule has 127 heavy (non-hydrogen) atoms. The van der Waals surface area contributed by atoms with Gasteiger partial charge in [-0.25, -0.2) is 0 Å². The molecule has 20 rings (SSSR count). The monoisotopic (exact) mass is 1690 g/mol. The van der Waals surface area contributed by atoms with Gasteiger partial charge in [0, 0.05) is 0 Å². The molecule has 0 fully saturated rings. The first kappa shape index (κ1) is 92.4. The van der Waals surface area contributed by atoms with Crippen molar-refractivity contribution in [1.29, 1.82) is 0 Å². The molecule has 5 unspecified atom stereocenters. The Morgan fingerprint density at radius 1 is 0.244 bits per heavy atom. The Kier molecular flexibility index (Phi) is 31.9. The van der Waals surface area contributed by atoms with Crippen molar-refractivity contribution in [3.63, 3.8) is 0 Å². The molecule has 0 bridgehead atoms. The van der Waals surface area contributed by atoms with Crippen LogP contribution in [-0.4, -0.2) is 48.8 Å². The summed E-state index contributed by atoms with van der Waals surface area (Å²) >= 11 is 0. The van der Waals surface area contributed by atoms with Crippen LogP contribution in [0, 0.1) is 17.8 Å². The Balaban J connectivity index is 0.000000120. The zero-order valence-corrected chi connectivity index (χ0v) is 78.7. The van der Waals surface area contributed by atoms with Gasteiger partial charge in [-0.15, -0.1) is 0 Å². The highest BCUT2D eigenvalue weighted by Gasteiger charge is 2.28. The Morgan fingerprint density at radius 3 is 0.929 bits per heavy atom. The molecule has 0 aromatic heterocycles. The average Bonchev–Trinajstić information content (AvgIpc) is 1.66. The molecule has 0 amide bonds. The summed E-state index contributed by atoms with van der Waals surface area (Å²) in [6.45, 7) is 39.4. The van der Waals surface area contributed by atoms with Gasteiger partial charge in [0.25, 0.3) is 0 Å². The van der Waals surface area contributed by atoms with Gasteiger partial charge < -0.3 is 33.2 Å². The molecular weight excluding hydrogens is 1550 g/mol. The van der Waals surface area contributed by atoms with E-state index in [2.05, 4.69) is 397 Å². The zero-order chi connectivity index (χ0) is 89.2. The van der Waals surface area contributed by atoms with Crippen molar-refractivity contribution in [3.8, 4) is 78.3 Å². The SMILES string of the molecule is CC(C)C(C)OC1Cc2ccccc2C1.CC(C)C(C)OCc1ccc2c(c1)Cc1ccccc1-2.CC(C)C(C)Oc1ccc2c(c1)Cc1ccccc1-2.CC(C)OCc1ccc2c(c1)Cc1ccccc1-2.CC(C)OCc1cccc2c1Cc1ccccc1-2.CCC(C)OCc1ccc2c(c1)Cc1ccccc1-2.CCC(C)Oc1ccc2c(c1)Cc1ccccc1-2. The summed E-state index contributed by atoms with van der Waals surface area (Å²) in [4.78, 5) is 0. The summed E-state index contributed by atoms with van der Waals surface area (Å²) in [7, 11) is 0. The van der Waals surface area contributed by atoms with Crippen molar-refractivity contribution < 1.29 is 33.2 Å². The molecule has 0 aliphatic heterocycles. The van der Waals surface area contributed by atoms with E-state index in [4.69, 9.17) is 33.2 Å². The highest BCUT2D eigenvalue weighted by molar-refractivity contribution is 5.82. The number of benzene rings is 13. The topological polar surface area (TPSA) is 64.6 Å². The van der Waals surface area contributed by atoms with E-state index in [-0.39, 0.29) is 24.4 Å². The van der Waals surface area contributed by atoms with Gasteiger partial charge in [-0.1, -0.05) is 310 Å². The maximum absolute atomic E-state index is 6.06. The van der Waals surface area contributed by atoms with Crippen LogP contribution in [0.1, 0.15) is 231 Å². The van der Waals surface area contributed by atoms with Crippen LogP contribution in [0.25, 0.3) is 66.8 Å². The number of ether oxygens (including phenoxy) is 7. The summed E-state index contributed by atoms with van der Waals surface area (Å²) in [6, 6.07) is 100. The van der Waals surface area contributed by atoms with Crippen LogP contribution in [0.5, 0.6) is 11.5 Å². The van der Waals surface area contributed by atoms with Crippen LogP contribution in [0.4, 0.5) is 0 Å². The molecule has 13 aromatic carbocycles. The fourth-order valence-corrected chi connectivity index (χ4v) is 17.7. The van der Waals surface area contributed by atoms with Crippen LogP contribution >= 0.6 is 0 Å². The predicted octanol–water partition coefficient (Wildman–Crippen LogP) is 30.1. The first-order valence-corrected chi connectivity index (χ1v) is 47.2. The van der Waals surface area contributed by atoms with Crippen molar-refractivity contribution in [2.45, 2.75) is 257 Å². The van der Waals surface area contributed by atoms with Gasteiger partial charge in [0.05, 0.1) is 75.3 Å². The minimum absolute atomic E-state index is 0.252. The lowest BCUT2D eigenvalue weighted by molar-refractivity contribution is -0.0194. The van der Waals surface area contributed by atoms with Gasteiger partial charge in [-0.3, -0.25) is 0 Å². The standard InChI is InChI=1S/C19H22O.2C18H20O.3C17H18O.C14H20O/c1-13(2)14(3)20-12-15-8-9-19-17(10-15)11-16-6-4-5-7-18(16)19;1-12(2)13(3)19-16-8-9-18-15(11-16)10-14-6-4-5-7-17(14)18;1-3-13(2)19-12-14-8-9-18-16(10-14)11-15-6-4-5-7-17(15)18;1-12(2)18-11-14-7-5-9-16-15-8-4-3-6-13(15)10-17(14)16;1-12(2)18-11-13-7-8-17-15(9-13)10-14-5-3-4-6-16(14)17;1-3-12(2)18-15-8-9-17-14(11-15)10-13-6-4-5-7-16(13)17;1-10(2)11(3)15-14-8-12-6-4-5-7-13(12)9-14/h4-10,13-14H,11-12H2,1-3H3;4-9,11-13H,10H2,1-3H3;4-10,13H,3,11-12H2,1-2H3;2*3-9,12H,10-11H2,1-2H3;4-9,11-12H,3,10H2,1-2H3;4-7,10-11,14H,8-9H2,1-3H3. The first-order valence-electron chi connectivity index (χ1n) is 47.2. The van der Waals surface area contributed by atoms with Crippen molar-refractivity contribution in [2.75, 3.05) is 0 Å². The lowest BCUT2D eigenvalue weighted by Crippen LogP contribution is -2.24. The third-order valence-electron chi connectivity index (χ3n) is 26.3. The molecule has 7 nitrogen and oxygen atoms in total. The van der Waals surface area contributed by atoms with E-state index in [0.717, 1.165) is 88.9 Å². The van der Waals surface area contributed by atoms with E-state index in [9.17, 15) is 0 Å². The molecule has 7 aliphatic rings. The van der Waals surface area contributed by atoms with Crippen LogP contribution in [0.3, 0.4) is 0 Å². The molecule has 7 aliphatic carbocycles. The predicted molar refractivity (Wildman–Crippen MR) is 530 cm³/mol. The highest BCUT2D eigenvalue weighted by atomic mass is 16.5. The first-order chi connectivity index (χ1) is 61.5. The number of rotatable bonds is 23. The second-order valence-corrected chi connectivity index (χ2v) is 37.4. The van der Waals surface area contributed by atoms with Crippen LogP contribution in [0.2, 0.25) is 0 Å². The van der Waals surface area contributed by atoms with Gasteiger partial charge in [0.15, 0.2) is 0 Å². The minimum atomic E-state index is 0.252. The van der Waals surface area contributed by atoms with E-state index in [1.165, 1.54) is 167 Å². The smallest absolute Gasteiger partial charge is 0.120 e. The van der Waals surface area contributed by atoms with Crippen LogP contribution in [-0.2, 0) is 101 Å². The average molecular weight is 1690 g/mol. The molecule has 0 saturated carbocycles. The summed E-state index contributed by atoms with van der Waals surface area (Å²) < 4.78 is 41.1. The Bertz CT molecular complexity index is 5790. The summed E-state index contributed by atoms with van der Waals surface area (Å²) in [6.07, 6.45) is 13.1. The number of hydrogen-bond acceptors (Lipinski definition) is 7. The summed E-state index contributed by atoms with van der Waals surface area (Å²) in [5.74, 6) is 3.69. The second kappa shape index (κ2) is 43.8. The fraction of sp³-hybridized carbons (Fsp3) is 0.350. The molecule has 5 atom stereocenters. The van der Waals surface area contributed by atoms with Crippen LogP contribution in [0.15, 0.2) is 279 Å². The van der Waals surface area contributed by atoms with Gasteiger partial charge in [0.2, 0.25) is 0 Å². The molecule has 13 aromatic rings. The molecule has 0 N–H and O–H groups in total. The van der Waals surface area contributed by atoms with Crippen molar-refractivity contribution in [1.82, 2.24) is 0 Å². The van der Waals surface area contributed by atoms with E-state index in [1.807, 2.05) is 0 Å². The van der Waals surface area contributed by atoms with E-state index >= 15 is 0 Å². The third kappa shape index (κ3) is 23.8. The fourth-order valence-electron chi connectivity index (χ4n) is 17.7. The molecule has 7 heteroatoms. The zero-order valence-electron chi connectivity index (χ0n) is 78.7. The molecular formula is C120H136O7. The largest absolute Gasteiger partial charge is 0.491 e. The van der Waals surface area contributed by atoms with Crippen molar-refractivity contribution in [2.24, 2.45) is 17.8 Å². The maximum Gasteiger partial charge on any atom is 0.120 e. The molecule has 0 radical (unpaired) electrons. The molecule has 0 saturated heterocycles. The van der Waals surface area contributed by atoms with Crippen LogP contribution < -0.4 is 9.47 Å². The Hall–Kier alpha value is -10.7. The number of hydrogen-bond donors (Lipinski definition) is 0. The Morgan fingerprint density at radius 2 is 0.551 bits per heavy atom. The second-order valence-electron chi connectivity index (χ2n) is 37.4. The van der Waals surface area contributed by atoms with E-state index in [0.29, 0.717) is 55.4 Å². The quantitative estimate of drug-likeness (QED) is 0.0632. The van der Waals surface area contributed by atoms with Gasteiger partial charge in [0.1, 0.15) is 11.5 Å². The van der Waals surface area contributed by atoms with Gasteiger partial charge in [-0.2, -0.15) is 0 Å². The normalized spacial score (nSPS) is 14.1. The lowest BCUT2D eigenvalue weighted by atomic mass is 10.0. The minimum Gasteiger partial charge on any atom is -0.491 e. The van der Waals surface area contributed by atoms with Gasteiger partial charge >= 0.3 is 0 Å². The van der Waals surface area contributed by atoms with Crippen molar-refractivity contribution >= 4 is 0 Å². The number of fused-ring (bicyclic) bond motifs is 19. The highest BCUT2D eigenvalue weighted by Crippen LogP contribution is 2.44. The molecule has 0 heterocycles. The Labute approximate surface area is 760 Å². The molecule has 0 spiro atoms. The third-order valence-corrected chi connectivity index (χ3v) is 26.3. The van der Waals surface area contributed by atoms with Crippen molar-refractivity contribution in [3.05, 3.63) is 379 Å². The lowest BCUT2D eigenvalue weighted by Gasteiger charge is -2.21. The van der Waals surface area contributed by atoms with E-state index < -0.39 is 0 Å². The van der Waals surface area contributed by atoms with Gasteiger partial charge in [-0.05, 0) is 335 Å². The van der Waals surface area contributed by atoms with E-state index in [1.54, 1.807) is 0 Å². The molecule has 658 valence electrons. The maximum atomic E-state index is 6.06. The summed E-state index contributed by atoms with van der Waals surface area (Å²) in [5, 5.41) is 0. The summed E-state index contributed by atoms with van der Waals surface area (Å²) in [5.41, 5.74) is 41.8.